The lowest BCUT2D eigenvalue weighted by Crippen LogP contribution is -2.57. The number of imidazole rings is 1. The number of rotatable bonds is 5. The van der Waals surface area contributed by atoms with Crippen LogP contribution in [0.3, 0.4) is 0 Å². The second-order valence-electron chi connectivity index (χ2n) is 13.8. The maximum atomic E-state index is 13.7. The van der Waals surface area contributed by atoms with Crippen LogP contribution in [0.2, 0.25) is 0 Å². The Hall–Kier alpha value is -5.18. The molecule has 5 rings (SSSR count). The quantitative estimate of drug-likeness (QED) is 0.244. The Kier molecular flexibility index (Phi) is 15.0. The van der Waals surface area contributed by atoms with Gasteiger partial charge in [-0.05, 0) is 87.3 Å². The number of aliphatic hydroxyl groups is 1. The summed E-state index contributed by atoms with van der Waals surface area (Å²) in [5, 5.41) is 21.5. The summed E-state index contributed by atoms with van der Waals surface area (Å²) in [6.07, 6.45) is 4.59. The molecular formula is C38H53N7O8. The van der Waals surface area contributed by atoms with Gasteiger partial charge in [0.05, 0.1) is 13.2 Å². The zero-order valence-corrected chi connectivity index (χ0v) is 31.3. The van der Waals surface area contributed by atoms with E-state index in [1.54, 1.807) is 33.7 Å². The first-order valence-electron chi connectivity index (χ1n) is 18.2. The molecule has 2 aliphatic rings. The highest BCUT2D eigenvalue weighted by Crippen LogP contribution is 2.28. The van der Waals surface area contributed by atoms with Crippen molar-refractivity contribution in [1.29, 1.82) is 0 Å². The molecule has 53 heavy (non-hydrogen) atoms. The molecule has 0 fully saturated rings. The lowest BCUT2D eigenvalue weighted by atomic mass is 10.0. The molecule has 4 heterocycles. The Morgan fingerprint density at radius 2 is 1.72 bits per heavy atom. The van der Waals surface area contributed by atoms with Crippen LogP contribution >= 0.6 is 0 Å². The lowest BCUT2D eigenvalue weighted by molar-refractivity contribution is -0.134. The van der Waals surface area contributed by atoms with Crippen LogP contribution in [0.15, 0.2) is 42.7 Å². The van der Waals surface area contributed by atoms with Crippen LogP contribution in [0, 0.1) is 12.8 Å². The number of aromatic nitrogens is 2. The topological polar surface area (TPSA) is 193 Å². The Morgan fingerprint density at radius 1 is 0.962 bits per heavy atom. The minimum Gasteiger partial charge on any atom is -0.493 e. The van der Waals surface area contributed by atoms with Gasteiger partial charge in [0.25, 0.3) is 11.8 Å². The highest BCUT2D eigenvalue weighted by atomic mass is 16.5. The summed E-state index contributed by atoms with van der Waals surface area (Å²) in [6, 6.07) is 6.82. The van der Waals surface area contributed by atoms with E-state index in [1.807, 2.05) is 39.1 Å². The molecule has 2 aromatic heterocycles. The number of amides is 5. The number of pyridine rings is 1. The summed E-state index contributed by atoms with van der Waals surface area (Å²) in [5.74, 6) is -1.28. The number of nitrogens with one attached hydrogen (secondary N) is 4. The predicted molar refractivity (Wildman–Crippen MR) is 198 cm³/mol. The van der Waals surface area contributed by atoms with Crippen molar-refractivity contribution in [2.24, 2.45) is 5.92 Å². The smallest absolute Gasteiger partial charge is 0.274 e. The van der Waals surface area contributed by atoms with Crippen molar-refractivity contribution in [3.05, 3.63) is 59.5 Å². The van der Waals surface area contributed by atoms with Crippen LogP contribution in [0.25, 0.3) is 5.65 Å². The molecule has 3 aromatic rings. The van der Waals surface area contributed by atoms with Crippen LogP contribution in [0.4, 0.5) is 0 Å². The zero-order valence-electron chi connectivity index (χ0n) is 31.3. The number of fused-ring (bicyclic) bond motifs is 24. The number of aryl methyl sites for hydroxylation is 2. The standard InChI is InChI=1S/C38H53N7O8/c1-24(2)19-28-36(49)43-35(26(4)46)37(50)40-14-6-7-16-44(38(51)29-22-45-18-13-25(3)20-32(45)41-29)17-8-15-39-34(48)23-53-30-11-9-27(21-31(30)52-5)10-12-33(47)42-28/h9,11,13,18,20-22,24,26,28,35,46H,6-8,10,12,14-17,19,23H2,1-5H3,(H,39,48)(H,40,50)(H,42,47)(H,43,49)/t26-,28-,35+/m1/s1. The fraction of sp³-hybridized carbons (Fsp3) is 0.526. The van der Waals surface area contributed by atoms with Gasteiger partial charge in [-0.2, -0.15) is 0 Å². The molecule has 15 nitrogen and oxygen atoms in total. The normalized spacial score (nSPS) is 19.9. The number of carbonyl (C=O) groups excluding carboxylic acids is 5. The summed E-state index contributed by atoms with van der Waals surface area (Å²) >= 11 is 0. The molecule has 3 atom stereocenters. The second-order valence-corrected chi connectivity index (χ2v) is 13.8. The number of hydrogen-bond donors (Lipinski definition) is 5. The third-order valence-electron chi connectivity index (χ3n) is 8.85. The first kappa shape index (κ1) is 40.6. The second kappa shape index (κ2) is 19.6. The van der Waals surface area contributed by atoms with Gasteiger partial charge in [-0.3, -0.25) is 24.0 Å². The average molecular weight is 736 g/mol. The summed E-state index contributed by atoms with van der Waals surface area (Å²) in [5.41, 5.74) is 2.75. The van der Waals surface area contributed by atoms with Crippen LogP contribution in [0.1, 0.15) is 74.5 Å². The largest absolute Gasteiger partial charge is 0.493 e. The average Bonchev–Trinajstić information content (AvgIpc) is 3.54. The van der Waals surface area contributed by atoms with Crippen molar-refractivity contribution in [2.45, 2.75) is 84.4 Å². The van der Waals surface area contributed by atoms with Crippen molar-refractivity contribution < 1.29 is 38.6 Å². The fourth-order valence-corrected chi connectivity index (χ4v) is 5.98. The number of methoxy groups -OCH3 is 1. The Labute approximate surface area is 310 Å². The summed E-state index contributed by atoms with van der Waals surface area (Å²) in [6.45, 7) is 8.20. The predicted octanol–water partition coefficient (Wildman–Crippen LogP) is 1.92. The van der Waals surface area contributed by atoms with Gasteiger partial charge in [-0.15, -0.1) is 0 Å². The number of hydrogen-bond acceptors (Lipinski definition) is 9. The minimum atomic E-state index is -1.24. The molecule has 0 radical (unpaired) electrons. The van der Waals surface area contributed by atoms with Crippen LogP contribution < -0.4 is 30.7 Å². The molecule has 0 saturated carbocycles. The number of ether oxygens (including phenoxy) is 2. The van der Waals surface area contributed by atoms with Crippen LogP contribution in [-0.4, -0.2) is 107 Å². The van der Waals surface area contributed by atoms with Gasteiger partial charge in [0.1, 0.15) is 23.4 Å². The molecule has 2 aliphatic heterocycles. The van der Waals surface area contributed by atoms with Crippen molar-refractivity contribution in [1.82, 2.24) is 35.6 Å². The van der Waals surface area contributed by atoms with Gasteiger partial charge in [0.15, 0.2) is 18.1 Å². The molecule has 288 valence electrons. The van der Waals surface area contributed by atoms with E-state index in [9.17, 15) is 29.1 Å². The highest BCUT2D eigenvalue weighted by molar-refractivity contribution is 5.93. The number of carbonyl (C=O) groups is 5. The molecule has 0 spiro atoms. The van der Waals surface area contributed by atoms with E-state index in [-0.39, 0.29) is 43.2 Å². The highest BCUT2D eigenvalue weighted by Gasteiger charge is 2.30. The van der Waals surface area contributed by atoms with Crippen molar-refractivity contribution >= 4 is 35.2 Å². The molecule has 5 amide bonds. The van der Waals surface area contributed by atoms with E-state index in [0.29, 0.717) is 74.6 Å². The molecule has 0 unspecified atom stereocenters. The molecule has 15 heteroatoms. The Bertz CT molecular complexity index is 1740. The number of benzene rings is 1. The van der Waals surface area contributed by atoms with Crippen molar-refractivity contribution in [3.8, 4) is 11.5 Å². The van der Waals surface area contributed by atoms with Gasteiger partial charge in [-0.1, -0.05) is 19.9 Å². The van der Waals surface area contributed by atoms with Gasteiger partial charge in [-0.25, -0.2) is 4.98 Å². The van der Waals surface area contributed by atoms with E-state index in [2.05, 4.69) is 26.3 Å². The van der Waals surface area contributed by atoms with Gasteiger partial charge < -0.3 is 45.1 Å². The molecule has 2 bridgehead atoms. The van der Waals surface area contributed by atoms with E-state index in [1.165, 1.54) is 14.0 Å². The molecular weight excluding hydrogens is 682 g/mol. The first-order chi connectivity index (χ1) is 25.3. The van der Waals surface area contributed by atoms with Crippen LogP contribution in [-0.2, 0) is 25.6 Å². The minimum absolute atomic E-state index is 0.0486. The number of nitrogens with zero attached hydrogens (tertiary/aromatic N) is 3. The summed E-state index contributed by atoms with van der Waals surface area (Å²) < 4.78 is 13.0. The third-order valence-corrected chi connectivity index (χ3v) is 8.85. The molecule has 0 saturated heterocycles. The first-order valence-corrected chi connectivity index (χ1v) is 18.2. The van der Waals surface area contributed by atoms with Gasteiger partial charge in [0, 0.05) is 45.0 Å². The van der Waals surface area contributed by atoms with Crippen LogP contribution in [0.5, 0.6) is 11.5 Å². The monoisotopic (exact) mass is 735 g/mol. The lowest BCUT2D eigenvalue weighted by Gasteiger charge is -2.26. The van der Waals surface area contributed by atoms with E-state index in [4.69, 9.17) is 9.47 Å². The zero-order chi connectivity index (χ0) is 38.5. The van der Waals surface area contributed by atoms with E-state index < -0.39 is 30.0 Å². The van der Waals surface area contributed by atoms with Gasteiger partial charge >= 0.3 is 0 Å². The molecule has 0 aliphatic carbocycles. The third kappa shape index (κ3) is 12.2. The number of aliphatic hydroxyl groups excluding tert-OH is 1. The van der Waals surface area contributed by atoms with Crippen molar-refractivity contribution in [2.75, 3.05) is 39.9 Å². The molecule has 1 aromatic carbocycles. The maximum absolute atomic E-state index is 13.7. The van der Waals surface area contributed by atoms with Gasteiger partial charge in [0.2, 0.25) is 17.7 Å². The fourth-order valence-electron chi connectivity index (χ4n) is 5.98. The van der Waals surface area contributed by atoms with Crippen molar-refractivity contribution in [3.63, 3.8) is 0 Å². The Morgan fingerprint density at radius 3 is 2.45 bits per heavy atom. The van der Waals surface area contributed by atoms with E-state index >= 15 is 0 Å². The SMILES string of the molecule is COc1cc2ccc1OCC(=O)NCCCN(C(=O)c1cn3ccc(C)cc3n1)CCCCNC(=O)[C@H]([C@@H](C)O)NC(=O)[C@@H](CC(C)C)NC(=O)CC2. The van der Waals surface area contributed by atoms with E-state index in [0.717, 1.165) is 11.1 Å². The molecule has 5 N–H and O–H groups in total. The maximum Gasteiger partial charge on any atom is 0.274 e. The summed E-state index contributed by atoms with van der Waals surface area (Å²) in [4.78, 5) is 72.1. The Balaban J connectivity index is 1.51. The summed E-state index contributed by atoms with van der Waals surface area (Å²) in [7, 11) is 1.48.